The zero-order chi connectivity index (χ0) is 16.7. The molecule has 124 valence electrons. The van der Waals surface area contributed by atoms with Gasteiger partial charge in [0.05, 0.1) is 4.47 Å². The fourth-order valence-corrected chi connectivity index (χ4v) is 4.15. The van der Waals surface area contributed by atoms with Gasteiger partial charge in [0, 0.05) is 17.9 Å². The molecule has 2 N–H and O–H groups in total. The van der Waals surface area contributed by atoms with Crippen molar-refractivity contribution in [3.63, 3.8) is 0 Å². The van der Waals surface area contributed by atoms with Crippen LogP contribution in [0.5, 0.6) is 0 Å². The van der Waals surface area contributed by atoms with Gasteiger partial charge in [-0.25, -0.2) is 4.98 Å². The van der Waals surface area contributed by atoms with Gasteiger partial charge in [-0.2, -0.15) is 4.98 Å². The van der Waals surface area contributed by atoms with Crippen LogP contribution in [0.4, 0.5) is 17.5 Å². The van der Waals surface area contributed by atoms with Gasteiger partial charge in [0.2, 0.25) is 5.95 Å². The summed E-state index contributed by atoms with van der Waals surface area (Å²) in [6.45, 7) is 4.40. The molecule has 4 rings (SSSR count). The van der Waals surface area contributed by atoms with Crippen molar-refractivity contribution in [1.82, 2.24) is 9.97 Å². The van der Waals surface area contributed by atoms with Crippen molar-refractivity contribution in [3.05, 3.63) is 52.7 Å². The number of aromatic nitrogens is 2. The molecule has 0 aliphatic heterocycles. The van der Waals surface area contributed by atoms with Crippen molar-refractivity contribution in [1.29, 1.82) is 0 Å². The Morgan fingerprint density at radius 3 is 2.79 bits per heavy atom. The van der Waals surface area contributed by atoms with Gasteiger partial charge in [-0.3, -0.25) is 0 Å². The van der Waals surface area contributed by atoms with E-state index in [1.54, 1.807) is 6.20 Å². The summed E-state index contributed by atoms with van der Waals surface area (Å²) in [7, 11) is 0. The quantitative estimate of drug-likeness (QED) is 0.734. The summed E-state index contributed by atoms with van der Waals surface area (Å²) >= 11 is 3.57. The highest BCUT2D eigenvalue weighted by molar-refractivity contribution is 9.10. The minimum absolute atomic E-state index is 0.443. The zero-order valence-electron chi connectivity index (χ0n) is 13.8. The van der Waals surface area contributed by atoms with Gasteiger partial charge in [-0.05, 0) is 64.7 Å². The highest BCUT2D eigenvalue weighted by Crippen LogP contribution is 2.45. The SMILES string of the molecule is Cc1cccc(Nc2ncc(Br)c(NC3C4C=CC(C4)C3C)n2)c1. The highest BCUT2D eigenvalue weighted by Gasteiger charge is 2.42. The van der Waals surface area contributed by atoms with Gasteiger partial charge in [0.25, 0.3) is 0 Å². The first-order valence-corrected chi connectivity index (χ1v) is 9.20. The van der Waals surface area contributed by atoms with Crippen molar-refractivity contribution >= 4 is 33.4 Å². The van der Waals surface area contributed by atoms with Crippen LogP contribution in [-0.2, 0) is 0 Å². The fourth-order valence-electron chi connectivity index (χ4n) is 3.85. The molecule has 2 aliphatic rings. The molecule has 5 heteroatoms. The molecule has 2 aromatic rings. The number of anilines is 3. The summed E-state index contributed by atoms with van der Waals surface area (Å²) in [6.07, 6.45) is 7.79. The van der Waals surface area contributed by atoms with Gasteiger partial charge >= 0.3 is 0 Å². The number of hydrogen-bond acceptors (Lipinski definition) is 4. The highest BCUT2D eigenvalue weighted by atomic mass is 79.9. The molecule has 1 aromatic heterocycles. The Kier molecular flexibility index (Phi) is 4.04. The molecule has 0 saturated heterocycles. The summed E-state index contributed by atoms with van der Waals surface area (Å²) in [5, 5.41) is 6.92. The van der Waals surface area contributed by atoms with Crippen LogP contribution in [0.2, 0.25) is 0 Å². The van der Waals surface area contributed by atoms with E-state index in [4.69, 9.17) is 0 Å². The van der Waals surface area contributed by atoms with Crippen molar-refractivity contribution in [2.45, 2.75) is 26.3 Å². The minimum Gasteiger partial charge on any atom is -0.365 e. The van der Waals surface area contributed by atoms with Gasteiger partial charge < -0.3 is 10.6 Å². The average molecular weight is 385 g/mol. The lowest BCUT2D eigenvalue weighted by Gasteiger charge is -2.27. The Morgan fingerprint density at radius 2 is 2.04 bits per heavy atom. The maximum Gasteiger partial charge on any atom is 0.229 e. The first-order chi connectivity index (χ1) is 11.6. The van der Waals surface area contributed by atoms with E-state index in [-0.39, 0.29) is 0 Å². The monoisotopic (exact) mass is 384 g/mol. The molecule has 4 nitrogen and oxygen atoms in total. The predicted molar refractivity (Wildman–Crippen MR) is 102 cm³/mol. The molecule has 0 spiro atoms. The second kappa shape index (κ2) is 6.20. The molecule has 4 atom stereocenters. The van der Waals surface area contributed by atoms with Crippen molar-refractivity contribution in [2.24, 2.45) is 17.8 Å². The summed E-state index contributed by atoms with van der Waals surface area (Å²) in [6, 6.07) is 8.65. The largest absolute Gasteiger partial charge is 0.365 e. The molecule has 1 fully saturated rings. The summed E-state index contributed by atoms with van der Waals surface area (Å²) < 4.78 is 0.899. The van der Waals surface area contributed by atoms with Crippen LogP contribution < -0.4 is 10.6 Å². The molecule has 1 saturated carbocycles. The molecule has 2 bridgehead atoms. The number of fused-ring (bicyclic) bond motifs is 2. The smallest absolute Gasteiger partial charge is 0.229 e. The van der Waals surface area contributed by atoms with E-state index in [9.17, 15) is 0 Å². The average Bonchev–Trinajstić information content (AvgIpc) is 3.14. The third-order valence-corrected chi connectivity index (χ3v) is 5.75. The lowest BCUT2D eigenvalue weighted by atomic mass is 9.91. The first-order valence-electron chi connectivity index (χ1n) is 8.41. The third kappa shape index (κ3) is 2.93. The van der Waals surface area contributed by atoms with Gasteiger partial charge in [0.15, 0.2) is 0 Å². The van der Waals surface area contributed by atoms with E-state index < -0.39 is 0 Å². The Labute approximate surface area is 150 Å². The number of allylic oxidation sites excluding steroid dienone is 1. The topological polar surface area (TPSA) is 49.8 Å². The molecular formula is C19H21BrN4. The van der Waals surface area contributed by atoms with Crippen LogP contribution in [0.15, 0.2) is 47.1 Å². The van der Waals surface area contributed by atoms with E-state index >= 15 is 0 Å². The van der Waals surface area contributed by atoms with E-state index in [1.807, 2.05) is 12.1 Å². The molecule has 2 aliphatic carbocycles. The van der Waals surface area contributed by atoms with Gasteiger partial charge in [0.1, 0.15) is 5.82 Å². The van der Waals surface area contributed by atoms with E-state index in [2.05, 4.69) is 74.7 Å². The zero-order valence-corrected chi connectivity index (χ0v) is 15.4. The number of nitrogens with zero attached hydrogens (tertiary/aromatic N) is 2. The summed E-state index contributed by atoms with van der Waals surface area (Å²) in [5.74, 6) is 3.42. The van der Waals surface area contributed by atoms with Gasteiger partial charge in [-0.15, -0.1) is 0 Å². The normalized spacial score (nSPS) is 27.5. The van der Waals surface area contributed by atoms with Crippen molar-refractivity contribution < 1.29 is 0 Å². The second-order valence-electron chi connectivity index (χ2n) is 6.86. The third-order valence-electron chi connectivity index (χ3n) is 5.17. The predicted octanol–water partition coefficient (Wildman–Crippen LogP) is 4.91. The molecule has 0 amide bonds. The number of benzene rings is 1. The van der Waals surface area contributed by atoms with Crippen molar-refractivity contribution in [3.8, 4) is 0 Å². The molecule has 1 heterocycles. The molecule has 0 radical (unpaired) electrons. The van der Waals surface area contributed by atoms with Crippen LogP contribution in [-0.4, -0.2) is 16.0 Å². The fraction of sp³-hybridized carbons (Fsp3) is 0.368. The number of nitrogens with one attached hydrogen (secondary N) is 2. The Bertz CT molecular complexity index is 789. The number of rotatable bonds is 4. The molecule has 24 heavy (non-hydrogen) atoms. The summed E-state index contributed by atoms with van der Waals surface area (Å²) in [5.41, 5.74) is 2.21. The molecule has 4 unspecified atom stereocenters. The van der Waals surface area contributed by atoms with Crippen LogP contribution in [0, 0.1) is 24.7 Å². The maximum absolute atomic E-state index is 4.67. The Hall–Kier alpha value is -1.88. The molecule has 1 aromatic carbocycles. The first kappa shape index (κ1) is 15.6. The van der Waals surface area contributed by atoms with Crippen LogP contribution in [0.25, 0.3) is 0 Å². The minimum atomic E-state index is 0.443. The number of aryl methyl sites for hydroxylation is 1. The standard InChI is InChI=1S/C19H21BrN4/c1-11-4-3-5-15(8-11)22-19-21-10-16(20)18(24-19)23-17-12(2)13-6-7-14(17)9-13/h3-8,10,12-14,17H,9H2,1-2H3,(H2,21,22,23,24). The molecular weight excluding hydrogens is 364 g/mol. The van der Waals surface area contributed by atoms with E-state index in [0.29, 0.717) is 29.7 Å². The lowest BCUT2D eigenvalue weighted by Crippen LogP contribution is -2.31. The lowest BCUT2D eigenvalue weighted by molar-refractivity contribution is 0.451. The maximum atomic E-state index is 4.67. The van der Waals surface area contributed by atoms with Crippen molar-refractivity contribution in [2.75, 3.05) is 10.6 Å². The van der Waals surface area contributed by atoms with Gasteiger partial charge in [-0.1, -0.05) is 31.2 Å². The Balaban J connectivity index is 1.54. The summed E-state index contributed by atoms with van der Waals surface area (Å²) in [4.78, 5) is 9.06. The van der Waals surface area contributed by atoms with Crippen LogP contribution in [0.3, 0.4) is 0 Å². The van der Waals surface area contributed by atoms with Crippen LogP contribution >= 0.6 is 15.9 Å². The van der Waals surface area contributed by atoms with E-state index in [1.165, 1.54) is 12.0 Å². The number of halogens is 1. The Morgan fingerprint density at radius 1 is 1.21 bits per heavy atom. The number of hydrogen-bond donors (Lipinski definition) is 2. The van der Waals surface area contributed by atoms with Crippen LogP contribution in [0.1, 0.15) is 18.9 Å². The second-order valence-corrected chi connectivity index (χ2v) is 7.72. The van der Waals surface area contributed by atoms with E-state index in [0.717, 1.165) is 16.0 Å².